The lowest BCUT2D eigenvalue weighted by atomic mass is 10.1. The van der Waals surface area contributed by atoms with Gasteiger partial charge in [0.2, 0.25) is 5.91 Å². The van der Waals surface area contributed by atoms with Crippen molar-refractivity contribution >= 4 is 29.0 Å². The summed E-state index contributed by atoms with van der Waals surface area (Å²) in [4.78, 5) is 15.9. The molecule has 0 radical (unpaired) electrons. The second kappa shape index (κ2) is 5.79. The maximum absolute atomic E-state index is 11.8. The number of aromatic nitrogens is 1. The summed E-state index contributed by atoms with van der Waals surface area (Å²) in [5.74, 6) is 0.128. The van der Waals surface area contributed by atoms with E-state index in [9.17, 15) is 4.79 Å². The summed E-state index contributed by atoms with van der Waals surface area (Å²) in [6, 6.07) is 5.43. The van der Waals surface area contributed by atoms with Gasteiger partial charge in [-0.25, -0.2) is 4.98 Å². The highest BCUT2D eigenvalue weighted by Crippen LogP contribution is 2.21. The van der Waals surface area contributed by atoms with Crippen molar-refractivity contribution in [3.05, 3.63) is 35.7 Å². The molecule has 2 rings (SSSR count). The van der Waals surface area contributed by atoms with Gasteiger partial charge in [-0.05, 0) is 31.5 Å². The van der Waals surface area contributed by atoms with Gasteiger partial charge in [-0.2, -0.15) is 0 Å². The van der Waals surface area contributed by atoms with Crippen molar-refractivity contribution in [2.45, 2.75) is 19.1 Å². The van der Waals surface area contributed by atoms with Crippen molar-refractivity contribution in [2.75, 3.05) is 16.8 Å². The Morgan fingerprint density at radius 1 is 1.47 bits per heavy atom. The van der Waals surface area contributed by atoms with Crippen LogP contribution in [0.2, 0.25) is 0 Å². The molecule has 1 aromatic heterocycles. The molecular weight excluding hydrogens is 262 g/mol. The van der Waals surface area contributed by atoms with Crippen molar-refractivity contribution in [3.8, 4) is 0 Å². The van der Waals surface area contributed by atoms with Crippen molar-refractivity contribution in [1.82, 2.24) is 4.98 Å². The molecule has 0 saturated carbocycles. The van der Waals surface area contributed by atoms with Crippen LogP contribution in [0, 0.1) is 13.8 Å². The molecule has 1 heterocycles. The van der Waals surface area contributed by atoms with E-state index >= 15 is 0 Å². The van der Waals surface area contributed by atoms with E-state index in [1.807, 2.05) is 26.0 Å². The van der Waals surface area contributed by atoms with Gasteiger partial charge in [-0.15, -0.1) is 0 Å². The van der Waals surface area contributed by atoms with Crippen LogP contribution in [0.5, 0.6) is 0 Å². The van der Waals surface area contributed by atoms with Gasteiger partial charge in [-0.3, -0.25) is 4.79 Å². The number of hydrogen-bond donors (Lipinski definition) is 2. The Morgan fingerprint density at radius 2 is 2.26 bits per heavy atom. The van der Waals surface area contributed by atoms with Crippen LogP contribution in [-0.2, 0) is 4.79 Å². The molecule has 0 unspecified atom stereocenters. The molecule has 1 amide bonds. The van der Waals surface area contributed by atoms with Gasteiger partial charge in [0, 0.05) is 11.4 Å². The Morgan fingerprint density at radius 3 is 2.95 bits per heavy atom. The van der Waals surface area contributed by atoms with Crippen LogP contribution in [0.4, 0.5) is 11.4 Å². The third kappa shape index (κ3) is 3.51. The number of oxazole rings is 1. The average Bonchev–Trinajstić information content (AvgIpc) is 2.78. The van der Waals surface area contributed by atoms with Crippen LogP contribution in [0.15, 0.2) is 34.1 Å². The van der Waals surface area contributed by atoms with E-state index in [2.05, 4.69) is 10.3 Å². The van der Waals surface area contributed by atoms with Crippen molar-refractivity contribution in [1.29, 1.82) is 0 Å². The molecule has 0 aliphatic rings. The minimum Gasteiger partial charge on any atom is -0.440 e. The Bertz CT molecular complexity index is 595. The Balaban J connectivity index is 1.92. The number of benzene rings is 1. The monoisotopic (exact) mass is 277 g/mol. The quantitative estimate of drug-likeness (QED) is 0.663. The van der Waals surface area contributed by atoms with E-state index < -0.39 is 0 Å². The number of nitrogens with one attached hydrogen (secondary N) is 1. The maximum Gasteiger partial charge on any atom is 0.256 e. The second-order valence-electron chi connectivity index (χ2n) is 4.11. The number of anilines is 2. The Hall–Kier alpha value is -1.95. The number of aryl methyl sites for hydroxylation is 1. The molecular formula is C13H15N3O2S. The maximum atomic E-state index is 11.8. The predicted octanol–water partition coefficient (Wildman–Crippen LogP) is 2.60. The van der Waals surface area contributed by atoms with Gasteiger partial charge < -0.3 is 15.5 Å². The lowest BCUT2D eigenvalue weighted by molar-refractivity contribution is -0.113. The Kier molecular flexibility index (Phi) is 4.11. The van der Waals surface area contributed by atoms with Gasteiger partial charge >= 0.3 is 0 Å². The van der Waals surface area contributed by atoms with Gasteiger partial charge in [-0.1, -0.05) is 17.8 Å². The van der Waals surface area contributed by atoms with Crippen LogP contribution in [-0.4, -0.2) is 16.6 Å². The van der Waals surface area contributed by atoms with Crippen LogP contribution in [0.3, 0.4) is 0 Å². The van der Waals surface area contributed by atoms with Crippen molar-refractivity contribution in [3.63, 3.8) is 0 Å². The number of rotatable bonds is 4. The SMILES string of the molecule is Cc1coc(SCC(=O)Nc2cccc(N)c2C)n1. The van der Waals surface area contributed by atoms with Crippen LogP contribution < -0.4 is 11.1 Å². The molecule has 0 saturated heterocycles. The molecule has 19 heavy (non-hydrogen) atoms. The highest BCUT2D eigenvalue weighted by atomic mass is 32.2. The molecule has 1 aromatic carbocycles. The standard InChI is InChI=1S/C13H15N3O2S/c1-8-6-18-13(15-8)19-7-12(17)16-11-5-3-4-10(14)9(11)2/h3-6H,7,14H2,1-2H3,(H,16,17). The van der Waals surface area contributed by atoms with Crippen molar-refractivity contribution in [2.24, 2.45) is 0 Å². The third-order valence-electron chi connectivity index (χ3n) is 2.57. The number of thioether (sulfide) groups is 1. The number of carbonyl (C=O) groups is 1. The van der Waals surface area contributed by atoms with E-state index in [-0.39, 0.29) is 11.7 Å². The zero-order valence-electron chi connectivity index (χ0n) is 10.8. The van der Waals surface area contributed by atoms with Gasteiger partial charge in [0.1, 0.15) is 6.26 Å². The molecule has 5 nitrogen and oxygen atoms in total. The summed E-state index contributed by atoms with van der Waals surface area (Å²) < 4.78 is 5.16. The lowest BCUT2D eigenvalue weighted by Gasteiger charge is -2.09. The lowest BCUT2D eigenvalue weighted by Crippen LogP contribution is -2.15. The topological polar surface area (TPSA) is 81.2 Å². The molecule has 0 aliphatic carbocycles. The number of nitrogens with zero attached hydrogens (tertiary/aromatic N) is 1. The molecule has 0 fully saturated rings. The zero-order valence-corrected chi connectivity index (χ0v) is 11.6. The fraction of sp³-hybridized carbons (Fsp3) is 0.231. The Labute approximate surface area is 115 Å². The number of hydrogen-bond acceptors (Lipinski definition) is 5. The summed E-state index contributed by atoms with van der Waals surface area (Å²) >= 11 is 1.26. The van der Waals surface area contributed by atoms with E-state index in [1.165, 1.54) is 11.8 Å². The molecule has 0 spiro atoms. The summed E-state index contributed by atoms with van der Waals surface area (Å²) in [6.07, 6.45) is 1.56. The second-order valence-corrected chi connectivity index (χ2v) is 5.04. The minimum absolute atomic E-state index is 0.116. The predicted molar refractivity (Wildman–Crippen MR) is 76.2 cm³/mol. The highest BCUT2D eigenvalue weighted by Gasteiger charge is 2.09. The molecule has 100 valence electrons. The first-order valence-corrected chi connectivity index (χ1v) is 6.74. The molecule has 3 N–H and O–H groups in total. The van der Waals surface area contributed by atoms with Gasteiger partial charge in [0.25, 0.3) is 5.22 Å². The molecule has 0 bridgehead atoms. The number of nitrogen functional groups attached to an aromatic ring is 1. The minimum atomic E-state index is -0.116. The van der Waals surface area contributed by atoms with Crippen LogP contribution in [0.1, 0.15) is 11.3 Å². The first kappa shape index (κ1) is 13.5. The first-order valence-electron chi connectivity index (χ1n) is 5.76. The van der Waals surface area contributed by atoms with E-state index in [4.69, 9.17) is 10.2 Å². The first-order chi connectivity index (χ1) is 9.06. The largest absolute Gasteiger partial charge is 0.440 e. The number of amides is 1. The normalized spacial score (nSPS) is 10.4. The molecule has 6 heteroatoms. The van der Waals surface area contributed by atoms with E-state index in [1.54, 1.807) is 12.3 Å². The highest BCUT2D eigenvalue weighted by molar-refractivity contribution is 7.99. The van der Waals surface area contributed by atoms with Gasteiger partial charge in [0.15, 0.2) is 0 Å². The third-order valence-corrected chi connectivity index (χ3v) is 3.42. The summed E-state index contributed by atoms with van der Waals surface area (Å²) in [7, 11) is 0. The van der Waals surface area contributed by atoms with Gasteiger partial charge in [0.05, 0.1) is 11.4 Å². The smallest absolute Gasteiger partial charge is 0.256 e. The van der Waals surface area contributed by atoms with Crippen LogP contribution in [0.25, 0.3) is 0 Å². The van der Waals surface area contributed by atoms with E-state index in [0.717, 1.165) is 16.9 Å². The molecule has 0 atom stereocenters. The fourth-order valence-corrected chi connectivity index (χ4v) is 2.15. The average molecular weight is 277 g/mol. The summed E-state index contributed by atoms with van der Waals surface area (Å²) in [5.41, 5.74) is 8.84. The number of nitrogens with two attached hydrogens (primary N) is 1. The van der Waals surface area contributed by atoms with Crippen molar-refractivity contribution < 1.29 is 9.21 Å². The number of carbonyl (C=O) groups excluding carboxylic acids is 1. The summed E-state index contributed by atoms with van der Waals surface area (Å²) in [5, 5.41) is 3.32. The molecule has 2 aromatic rings. The van der Waals surface area contributed by atoms with E-state index in [0.29, 0.717) is 10.9 Å². The van der Waals surface area contributed by atoms with Crippen LogP contribution >= 0.6 is 11.8 Å². The molecule has 0 aliphatic heterocycles. The zero-order chi connectivity index (χ0) is 13.8. The fourth-order valence-electron chi connectivity index (χ4n) is 1.50. The summed E-state index contributed by atoms with van der Waals surface area (Å²) in [6.45, 7) is 3.71.